The van der Waals surface area contributed by atoms with Gasteiger partial charge < -0.3 is 10.2 Å². The van der Waals surface area contributed by atoms with Gasteiger partial charge in [0.2, 0.25) is 5.91 Å². The van der Waals surface area contributed by atoms with Crippen molar-refractivity contribution in [2.45, 2.75) is 13.5 Å². The third-order valence-electron chi connectivity index (χ3n) is 4.04. The fourth-order valence-corrected chi connectivity index (χ4v) is 2.51. The molecule has 2 aromatic carbocycles. The molecule has 2 aromatic rings. The van der Waals surface area contributed by atoms with E-state index in [1.165, 1.54) is 24.3 Å². The lowest BCUT2D eigenvalue weighted by molar-refractivity contribution is -0.384. The van der Waals surface area contributed by atoms with Crippen molar-refractivity contribution in [1.29, 1.82) is 0 Å². The van der Waals surface area contributed by atoms with Crippen LogP contribution in [0.5, 0.6) is 0 Å². The molecule has 0 aromatic heterocycles. The molecule has 0 fully saturated rings. The van der Waals surface area contributed by atoms with E-state index in [9.17, 15) is 14.9 Å². The van der Waals surface area contributed by atoms with Crippen molar-refractivity contribution in [2.75, 3.05) is 37.4 Å². The minimum Gasteiger partial charge on any atom is -0.378 e. The number of anilines is 2. The molecular weight excluding hydrogens is 332 g/mol. The molecular formula is C19H24N4O3. The zero-order valence-electron chi connectivity index (χ0n) is 15.3. The Bertz CT molecular complexity index is 742. The van der Waals surface area contributed by atoms with Crippen LogP contribution in [0.25, 0.3) is 0 Å². The number of amides is 1. The van der Waals surface area contributed by atoms with Crippen LogP contribution in [-0.2, 0) is 11.3 Å². The monoisotopic (exact) mass is 356 g/mol. The number of likely N-dealkylation sites (N-methyl/N-ethyl adjacent to an activating group) is 1. The molecule has 0 bridgehead atoms. The van der Waals surface area contributed by atoms with E-state index >= 15 is 0 Å². The van der Waals surface area contributed by atoms with Gasteiger partial charge in [-0.2, -0.15) is 0 Å². The zero-order valence-corrected chi connectivity index (χ0v) is 15.3. The number of benzene rings is 2. The number of nitrogens with one attached hydrogen (secondary N) is 1. The van der Waals surface area contributed by atoms with Crippen LogP contribution in [0.15, 0.2) is 48.5 Å². The molecule has 0 atom stereocenters. The standard InChI is InChI=1S/C19H24N4O3/c1-4-22(13-15-5-9-17(10-6-15)21(2)3)14-19(24)20-16-7-11-18(12-8-16)23(25)26/h5-12H,4,13-14H2,1-3H3,(H,20,24). The number of hydrogen-bond acceptors (Lipinski definition) is 5. The maximum atomic E-state index is 12.2. The first-order valence-electron chi connectivity index (χ1n) is 8.42. The first kappa shape index (κ1) is 19.4. The predicted molar refractivity (Wildman–Crippen MR) is 103 cm³/mol. The highest BCUT2D eigenvalue weighted by atomic mass is 16.6. The van der Waals surface area contributed by atoms with Gasteiger partial charge in [0.15, 0.2) is 0 Å². The highest BCUT2D eigenvalue weighted by Gasteiger charge is 2.11. The molecule has 0 radical (unpaired) electrons. The van der Waals surface area contributed by atoms with Crippen LogP contribution in [0.4, 0.5) is 17.1 Å². The summed E-state index contributed by atoms with van der Waals surface area (Å²) in [4.78, 5) is 26.5. The maximum absolute atomic E-state index is 12.2. The van der Waals surface area contributed by atoms with E-state index < -0.39 is 4.92 Å². The van der Waals surface area contributed by atoms with Crippen LogP contribution in [0.1, 0.15) is 12.5 Å². The van der Waals surface area contributed by atoms with Gasteiger partial charge in [-0.05, 0) is 36.4 Å². The molecule has 7 heteroatoms. The summed E-state index contributed by atoms with van der Waals surface area (Å²) in [6, 6.07) is 14.1. The fourth-order valence-electron chi connectivity index (χ4n) is 2.51. The van der Waals surface area contributed by atoms with Crippen molar-refractivity contribution in [3.63, 3.8) is 0 Å². The Kier molecular flexibility index (Phi) is 6.68. The Morgan fingerprint density at radius 1 is 1.08 bits per heavy atom. The number of hydrogen-bond donors (Lipinski definition) is 1. The summed E-state index contributed by atoms with van der Waals surface area (Å²) in [5, 5.41) is 13.4. The summed E-state index contributed by atoms with van der Waals surface area (Å²) >= 11 is 0. The van der Waals surface area contributed by atoms with Crippen molar-refractivity contribution < 1.29 is 9.72 Å². The molecule has 0 aliphatic rings. The largest absolute Gasteiger partial charge is 0.378 e. The molecule has 26 heavy (non-hydrogen) atoms. The summed E-state index contributed by atoms with van der Waals surface area (Å²) < 4.78 is 0. The normalized spacial score (nSPS) is 10.6. The molecule has 0 aliphatic carbocycles. The first-order valence-corrected chi connectivity index (χ1v) is 8.42. The molecule has 0 heterocycles. The topological polar surface area (TPSA) is 78.7 Å². The summed E-state index contributed by atoms with van der Waals surface area (Å²) in [6.45, 7) is 3.68. The van der Waals surface area contributed by atoms with Gasteiger partial charge in [-0.1, -0.05) is 19.1 Å². The minimum absolute atomic E-state index is 0.000597. The Morgan fingerprint density at radius 2 is 1.69 bits per heavy atom. The molecule has 1 amide bonds. The number of non-ortho nitro benzene ring substituents is 1. The molecule has 0 saturated carbocycles. The first-order chi connectivity index (χ1) is 12.4. The fraction of sp³-hybridized carbons (Fsp3) is 0.316. The predicted octanol–water partition coefficient (Wildman–Crippen LogP) is 3.12. The Balaban J connectivity index is 1.91. The Hall–Kier alpha value is -2.93. The van der Waals surface area contributed by atoms with Crippen molar-refractivity contribution in [2.24, 2.45) is 0 Å². The SMILES string of the molecule is CCN(CC(=O)Nc1ccc([N+](=O)[O-])cc1)Cc1ccc(N(C)C)cc1. The molecule has 7 nitrogen and oxygen atoms in total. The molecule has 0 spiro atoms. The van der Waals surface area contributed by atoms with Crippen molar-refractivity contribution in [1.82, 2.24) is 4.90 Å². The van der Waals surface area contributed by atoms with E-state index in [-0.39, 0.29) is 18.1 Å². The Labute approximate surface area is 153 Å². The van der Waals surface area contributed by atoms with Crippen LogP contribution < -0.4 is 10.2 Å². The van der Waals surface area contributed by atoms with Crippen molar-refractivity contribution >= 4 is 23.0 Å². The van der Waals surface area contributed by atoms with Gasteiger partial charge in [-0.15, -0.1) is 0 Å². The number of rotatable bonds is 8. The molecule has 0 unspecified atom stereocenters. The summed E-state index contributed by atoms with van der Waals surface area (Å²) in [5.41, 5.74) is 2.82. The highest BCUT2D eigenvalue weighted by molar-refractivity contribution is 5.92. The third kappa shape index (κ3) is 5.56. The van der Waals surface area contributed by atoms with E-state index in [4.69, 9.17) is 0 Å². The van der Waals surface area contributed by atoms with Crippen molar-refractivity contribution in [3.05, 3.63) is 64.2 Å². The molecule has 2 rings (SSSR count). The number of nitro benzene ring substituents is 1. The van der Waals surface area contributed by atoms with E-state index in [0.29, 0.717) is 12.2 Å². The van der Waals surface area contributed by atoms with Crippen LogP contribution >= 0.6 is 0 Å². The van der Waals surface area contributed by atoms with Crippen LogP contribution in [0, 0.1) is 10.1 Å². The zero-order chi connectivity index (χ0) is 19.1. The van der Waals surface area contributed by atoms with Gasteiger partial charge in [-0.25, -0.2) is 0 Å². The van der Waals surface area contributed by atoms with Gasteiger partial charge in [0.25, 0.3) is 5.69 Å². The number of carbonyl (C=O) groups is 1. The quantitative estimate of drug-likeness (QED) is 0.581. The van der Waals surface area contributed by atoms with Gasteiger partial charge >= 0.3 is 0 Å². The third-order valence-corrected chi connectivity index (χ3v) is 4.04. The molecule has 0 saturated heterocycles. The van der Waals surface area contributed by atoms with E-state index in [1.807, 2.05) is 30.8 Å². The highest BCUT2D eigenvalue weighted by Crippen LogP contribution is 2.16. The number of nitrogens with zero attached hydrogens (tertiary/aromatic N) is 3. The molecule has 1 N–H and O–H groups in total. The summed E-state index contributed by atoms with van der Waals surface area (Å²) in [6.07, 6.45) is 0. The van der Waals surface area contributed by atoms with Crippen LogP contribution in [-0.4, -0.2) is 42.9 Å². The average molecular weight is 356 g/mol. The lowest BCUT2D eigenvalue weighted by Gasteiger charge is -2.20. The second-order valence-corrected chi connectivity index (χ2v) is 6.22. The van der Waals surface area contributed by atoms with E-state index in [2.05, 4.69) is 29.6 Å². The number of nitro groups is 1. The van der Waals surface area contributed by atoms with Gasteiger partial charge in [-0.3, -0.25) is 19.8 Å². The average Bonchev–Trinajstić information content (AvgIpc) is 2.62. The maximum Gasteiger partial charge on any atom is 0.269 e. The molecule has 138 valence electrons. The van der Waals surface area contributed by atoms with E-state index in [1.54, 1.807) is 0 Å². The van der Waals surface area contributed by atoms with E-state index in [0.717, 1.165) is 17.8 Å². The minimum atomic E-state index is -0.466. The second kappa shape index (κ2) is 8.96. The summed E-state index contributed by atoms with van der Waals surface area (Å²) in [7, 11) is 3.99. The smallest absolute Gasteiger partial charge is 0.269 e. The van der Waals surface area contributed by atoms with Gasteiger partial charge in [0, 0.05) is 44.1 Å². The van der Waals surface area contributed by atoms with Gasteiger partial charge in [0.1, 0.15) is 0 Å². The Morgan fingerprint density at radius 3 is 2.19 bits per heavy atom. The second-order valence-electron chi connectivity index (χ2n) is 6.22. The van der Waals surface area contributed by atoms with Crippen molar-refractivity contribution in [3.8, 4) is 0 Å². The van der Waals surface area contributed by atoms with Crippen LogP contribution in [0.3, 0.4) is 0 Å². The van der Waals surface area contributed by atoms with Crippen LogP contribution in [0.2, 0.25) is 0 Å². The van der Waals surface area contributed by atoms with Gasteiger partial charge in [0.05, 0.1) is 11.5 Å². The lowest BCUT2D eigenvalue weighted by atomic mass is 10.2. The summed E-state index contributed by atoms with van der Waals surface area (Å²) in [5.74, 6) is -0.148. The molecule has 0 aliphatic heterocycles. The number of carbonyl (C=O) groups excluding carboxylic acids is 1. The lowest BCUT2D eigenvalue weighted by Crippen LogP contribution is -2.32.